The molecule has 0 amide bonds. The second-order valence-corrected chi connectivity index (χ2v) is 6.43. The van der Waals surface area contributed by atoms with Crippen molar-refractivity contribution in [2.45, 2.75) is 58.6 Å². The van der Waals surface area contributed by atoms with Gasteiger partial charge in [-0.25, -0.2) is 0 Å². The molecule has 0 spiro atoms. The fourth-order valence-corrected chi connectivity index (χ4v) is 2.84. The maximum atomic E-state index is 6.12. The van der Waals surface area contributed by atoms with Gasteiger partial charge in [-0.1, -0.05) is 34.1 Å². The molecule has 108 valence electrons. The number of nitrogens with zero attached hydrogens (tertiary/aromatic N) is 1. The van der Waals surface area contributed by atoms with Crippen molar-refractivity contribution in [2.24, 2.45) is 17.6 Å². The first-order valence-corrected chi connectivity index (χ1v) is 7.48. The Labute approximate surface area is 113 Å². The summed E-state index contributed by atoms with van der Waals surface area (Å²) in [4.78, 5) is 2.50. The van der Waals surface area contributed by atoms with Gasteiger partial charge in [-0.3, -0.25) is 4.90 Å². The van der Waals surface area contributed by atoms with Gasteiger partial charge < -0.3 is 10.5 Å². The van der Waals surface area contributed by atoms with Crippen molar-refractivity contribution >= 4 is 0 Å². The minimum atomic E-state index is 0.149. The van der Waals surface area contributed by atoms with Gasteiger partial charge >= 0.3 is 0 Å². The molecule has 3 unspecified atom stereocenters. The fourth-order valence-electron chi connectivity index (χ4n) is 2.84. The van der Waals surface area contributed by atoms with Gasteiger partial charge in [0, 0.05) is 25.2 Å². The van der Waals surface area contributed by atoms with Crippen LogP contribution in [0.2, 0.25) is 0 Å². The van der Waals surface area contributed by atoms with Crippen LogP contribution < -0.4 is 5.73 Å². The molecule has 2 N–H and O–H groups in total. The molecule has 0 aromatic heterocycles. The van der Waals surface area contributed by atoms with Crippen LogP contribution in [0.5, 0.6) is 0 Å². The highest BCUT2D eigenvalue weighted by Gasteiger charge is 2.40. The van der Waals surface area contributed by atoms with E-state index in [1.54, 1.807) is 0 Å². The smallest absolute Gasteiger partial charge is 0.0616 e. The third-order valence-corrected chi connectivity index (χ3v) is 4.70. The van der Waals surface area contributed by atoms with E-state index in [0.717, 1.165) is 38.5 Å². The lowest BCUT2D eigenvalue weighted by Crippen LogP contribution is -2.58. The summed E-state index contributed by atoms with van der Waals surface area (Å²) in [6, 6.07) is 0. The third kappa shape index (κ3) is 3.69. The number of nitrogens with two attached hydrogens (primary N) is 1. The largest absolute Gasteiger partial charge is 0.378 e. The Morgan fingerprint density at radius 2 is 2.06 bits per heavy atom. The number of ether oxygens (including phenoxy) is 1. The van der Waals surface area contributed by atoms with E-state index in [2.05, 4.69) is 39.6 Å². The van der Waals surface area contributed by atoms with E-state index < -0.39 is 0 Å². The first kappa shape index (κ1) is 15.9. The molecule has 0 aliphatic carbocycles. The highest BCUT2D eigenvalue weighted by atomic mass is 16.5. The second-order valence-electron chi connectivity index (χ2n) is 6.43. The molecular formula is C15H32N2O. The molecule has 1 aliphatic heterocycles. The van der Waals surface area contributed by atoms with E-state index in [9.17, 15) is 0 Å². The van der Waals surface area contributed by atoms with Crippen LogP contribution >= 0.6 is 0 Å². The molecule has 1 saturated heterocycles. The predicted molar refractivity (Wildman–Crippen MR) is 77.7 cm³/mol. The van der Waals surface area contributed by atoms with Crippen molar-refractivity contribution in [3.8, 4) is 0 Å². The summed E-state index contributed by atoms with van der Waals surface area (Å²) >= 11 is 0. The van der Waals surface area contributed by atoms with E-state index in [1.165, 1.54) is 6.42 Å². The maximum absolute atomic E-state index is 6.12. The molecule has 18 heavy (non-hydrogen) atoms. The van der Waals surface area contributed by atoms with Crippen molar-refractivity contribution in [3.05, 3.63) is 0 Å². The van der Waals surface area contributed by atoms with Crippen LogP contribution in [-0.4, -0.2) is 43.3 Å². The number of likely N-dealkylation sites (N-methyl/N-ethyl adjacent to an activating group) is 1. The molecule has 1 heterocycles. The summed E-state index contributed by atoms with van der Waals surface area (Å²) in [5.41, 5.74) is 6.27. The molecule has 0 radical (unpaired) electrons. The normalized spacial score (nSPS) is 31.0. The van der Waals surface area contributed by atoms with E-state index >= 15 is 0 Å². The van der Waals surface area contributed by atoms with E-state index in [4.69, 9.17) is 10.5 Å². The van der Waals surface area contributed by atoms with Gasteiger partial charge in [0.2, 0.25) is 0 Å². The Morgan fingerprint density at radius 1 is 1.39 bits per heavy atom. The summed E-state index contributed by atoms with van der Waals surface area (Å²) in [6.07, 6.45) is 3.74. The standard InChI is InChI=1S/C15H32N2O/c1-6-13(4)10-17(5)15(11-16)7-8-18-14(9-15)12(2)3/h12-14H,6-11,16H2,1-5H3. The zero-order valence-corrected chi connectivity index (χ0v) is 12.9. The topological polar surface area (TPSA) is 38.5 Å². The Hall–Kier alpha value is -0.120. The summed E-state index contributed by atoms with van der Waals surface area (Å²) in [5.74, 6) is 1.31. The van der Waals surface area contributed by atoms with Crippen molar-refractivity contribution in [3.63, 3.8) is 0 Å². The SMILES string of the molecule is CCC(C)CN(C)C1(CN)CCOC(C(C)C)C1. The Balaban J connectivity index is 2.71. The monoisotopic (exact) mass is 256 g/mol. The van der Waals surface area contributed by atoms with Crippen molar-refractivity contribution in [1.82, 2.24) is 4.90 Å². The summed E-state index contributed by atoms with van der Waals surface area (Å²) in [6.45, 7) is 11.8. The highest BCUT2D eigenvalue weighted by molar-refractivity contribution is 4.96. The molecule has 0 bridgehead atoms. The molecular weight excluding hydrogens is 224 g/mol. The average molecular weight is 256 g/mol. The van der Waals surface area contributed by atoms with Crippen molar-refractivity contribution < 1.29 is 4.74 Å². The van der Waals surface area contributed by atoms with Gasteiger partial charge in [0.05, 0.1) is 6.10 Å². The zero-order valence-electron chi connectivity index (χ0n) is 12.9. The minimum absolute atomic E-state index is 0.149. The quantitative estimate of drug-likeness (QED) is 0.793. The predicted octanol–water partition coefficient (Wildman–Crippen LogP) is 2.50. The average Bonchev–Trinajstić information content (AvgIpc) is 2.38. The molecule has 1 rings (SSSR count). The molecule has 0 aromatic rings. The van der Waals surface area contributed by atoms with E-state index in [0.29, 0.717) is 12.0 Å². The zero-order chi connectivity index (χ0) is 13.8. The first-order valence-electron chi connectivity index (χ1n) is 7.48. The lowest BCUT2D eigenvalue weighted by atomic mass is 9.81. The van der Waals surface area contributed by atoms with Crippen molar-refractivity contribution in [2.75, 3.05) is 26.7 Å². The first-order chi connectivity index (χ1) is 8.45. The molecule has 3 atom stereocenters. The van der Waals surface area contributed by atoms with Gasteiger partial charge in [-0.15, -0.1) is 0 Å². The number of rotatable bonds is 6. The second kappa shape index (κ2) is 6.88. The Morgan fingerprint density at radius 3 is 2.56 bits per heavy atom. The van der Waals surface area contributed by atoms with Crippen LogP contribution in [0.4, 0.5) is 0 Å². The summed E-state index contributed by atoms with van der Waals surface area (Å²) in [7, 11) is 2.24. The maximum Gasteiger partial charge on any atom is 0.0616 e. The van der Waals surface area contributed by atoms with Gasteiger partial charge in [0.1, 0.15) is 0 Å². The van der Waals surface area contributed by atoms with Crippen LogP contribution in [0.3, 0.4) is 0 Å². The molecule has 3 nitrogen and oxygen atoms in total. The molecule has 1 aliphatic rings. The molecule has 1 fully saturated rings. The van der Waals surface area contributed by atoms with Crippen molar-refractivity contribution in [1.29, 1.82) is 0 Å². The number of hydrogen-bond acceptors (Lipinski definition) is 3. The van der Waals surface area contributed by atoms with Crippen LogP contribution in [0.15, 0.2) is 0 Å². The fraction of sp³-hybridized carbons (Fsp3) is 1.00. The Bertz CT molecular complexity index is 245. The lowest BCUT2D eigenvalue weighted by molar-refractivity contribution is -0.0837. The van der Waals surface area contributed by atoms with Crippen LogP contribution in [0.25, 0.3) is 0 Å². The number of hydrogen-bond donors (Lipinski definition) is 1. The van der Waals surface area contributed by atoms with Crippen LogP contribution in [0.1, 0.15) is 47.0 Å². The van der Waals surface area contributed by atoms with Gasteiger partial charge in [0.15, 0.2) is 0 Å². The highest BCUT2D eigenvalue weighted by Crippen LogP contribution is 2.32. The van der Waals surface area contributed by atoms with E-state index in [-0.39, 0.29) is 5.54 Å². The minimum Gasteiger partial charge on any atom is -0.378 e. The molecule has 0 aromatic carbocycles. The summed E-state index contributed by atoms with van der Waals surface area (Å²) < 4.78 is 5.90. The Kier molecular flexibility index (Phi) is 6.09. The third-order valence-electron chi connectivity index (χ3n) is 4.70. The molecule has 0 saturated carbocycles. The van der Waals surface area contributed by atoms with Gasteiger partial charge in [-0.05, 0) is 31.7 Å². The summed E-state index contributed by atoms with van der Waals surface area (Å²) in [5, 5.41) is 0. The van der Waals surface area contributed by atoms with Gasteiger partial charge in [0.25, 0.3) is 0 Å². The molecule has 3 heteroatoms. The van der Waals surface area contributed by atoms with E-state index in [1.807, 2.05) is 0 Å². The van der Waals surface area contributed by atoms with Gasteiger partial charge in [-0.2, -0.15) is 0 Å². The lowest BCUT2D eigenvalue weighted by Gasteiger charge is -2.48. The van der Waals surface area contributed by atoms with Crippen LogP contribution in [0, 0.1) is 11.8 Å². The van der Waals surface area contributed by atoms with Crippen LogP contribution in [-0.2, 0) is 4.74 Å².